The number of aromatic nitrogens is 1. The summed E-state index contributed by atoms with van der Waals surface area (Å²) in [6.45, 7) is 4.47. The minimum Gasteiger partial charge on any atom is -0.355 e. The lowest BCUT2D eigenvalue weighted by molar-refractivity contribution is 0.633. The highest BCUT2D eigenvalue weighted by molar-refractivity contribution is 7.25. The number of allylic oxidation sites excluding steroid dienone is 2. The lowest BCUT2D eigenvalue weighted by atomic mass is 9.93. The Morgan fingerprint density at radius 2 is 1.70 bits per heavy atom. The topological polar surface area (TPSA) is 15.8 Å². The van der Waals surface area contributed by atoms with Gasteiger partial charge in [-0.05, 0) is 24.3 Å². The summed E-state index contributed by atoms with van der Waals surface area (Å²) in [7, 11) is 0. The molecule has 0 fully saturated rings. The Morgan fingerprint density at radius 3 is 2.61 bits per heavy atom. The summed E-state index contributed by atoms with van der Waals surface area (Å²) in [5.41, 5.74) is 3.85. The highest BCUT2D eigenvalue weighted by Crippen LogP contribution is 2.39. The maximum absolute atomic E-state index is 3.61. The SMILES string of the molecule is CC1(C)C=Cc2[nH]c3cc4c(cc3c2C=C1)sc1ccccc14. The van der Waals surface area contributed by atoms with Gasteiger partial charge in [0.05, 0.1) is 0 Å². The quantitative estimate of drug-likeness (QED) is 0.376. The first-order valence-corrected chi connectivity index (χ1v) is 8.78. The van der Waals surface area contributed by atoms with Crippen LogP contribution >= 0.6 is 11.3 Å². The average Bonchev–Trinajstić information content (AvgIpc) is 3.01. The van der Waals surface area contributed by atoms with Crippen molar-refractivity contribution in [2.75, 3.05) is 0 Å². The average molecular weight is 315 g/mol. The van der Waals surface area contributed by atoms with Crippen LogP contribution in [0.4, 0.5) is 0 Å². The summed E-state index contributed by atoms with van der Waals surface area (Å²) in [5.74, 6) is 0. The molecule has 2 heteroatoms. The summed E-state index contributed by atoms with van der Waals surface area (Å²) >= 11 is 1.88. The lowest BCUT2D eigenvalue weighted by Gasteiger charge is -2.12. The van der Waals surface area contributed by atoms with Crippen molar-refractivity contribution in [3.63, 3.8) is 0 Å². The molecule has 0 aliphatic heterocycles. The molecule has 0 radical (unpaired) electrons. The molecular weight excluding hydrogens is 298 g/mol. The highest BCUT2D eigenvalue weighted by Gasteiger charge is 2.17. The zero-order valence-corrected chi connectivity index (χ0v) is 14.0. The number of aromatic amines is 1. The van der Waals surface area contributed by atoms with Crippen LogP contribution in [0.15, 0.2) is 48.6 Å². The van der Waals surface area contributed by atoms with Crippen LogP contribution in [-0.4, -0.2) is 4.98 Å². The molecule has 1 nitrogen and oxygen atoms in total. The largest absolute Gasteiger partial charge is 0.355 e. The molecule has 0 spiro atoms. The molecule has 0 bridgehead atoms. The van der Waals surface area contributed by atoms with E-state index in [9.17, 15) is 0 Å². The van der Waals surface area contributed by atoms with Crippen molar-refractivity contribution < 1.29 is 0 Å². The van der Waals surface area contributed by atoms with E-state index in [1.165, 1.54) is 42.3 Å². The number of hydrogen-bond acceptors (Lipinski definition) is 1. The Balaban J connectivity index is 1.86. The molecule has 112 valence electrons. The molecule has 0 unspecified atom stereocenters. The number of nitrogens with one attached hydrogen (secondary N) is 1. The predicted octanol–water partition coefficient (Wildman–Crippen LogP) is 6.60. The van der Waals surface area contributed by atoms with Gasteiger partial charge >= 0.3 is 0 Å². The van der Waals surface area contributed by atoms with Crippen LogP contribution in [0.25, 0.3) is 43.2 Å². The summed E-state index contributed by atoms with van der Waals surface area (Å²) in [6.07, 6.45) is 9.05. The molecule has 2 aromatic heterocycles. The first-order valence-electron chi connectivity index (χ1n) is 7.96. The minimum atomic E-state index is 0.105. The Kier molecular flexibility index (Phi) is 2.49. The maximum atomic E-state index is 3.61. The second-order valence-corrected chi connectivity index (χ2v) is 8.02. The summed E-state index contributed by atoms with van der Waals surface area (Å²) in [6, 6.07) is 13.3. The van der Waals surface area contributed by atoms with Crippen LogP contribution < -0.4 is 0 Å². The third kappa shape index (κ3) is 1.91. The van der Waals surface area contributed by atoms with E-state index in [0.29, 0.717) is 0 Å². The second kappa shape index (κ2) is 4.36. The van der Waals surface area contributed by atoms with Gasteiger partial charge < -0.3 is 4.98 Å². The zero-order valence-electron chi connectivity index (χ0n) is 13.2. The van der Waals surface area contributed by atoms with E-state index in [2.05, 4.69) is 79.5 Å². The van der Waals surface area contributed by atoms with Gasteiger partial charge in [0.15, 0.2) is 0 Å². The summed E-state index contributed by atoms with van der Waals surface area (Å²) < 4.78 is 2.72. The maximum Gasteiger partial charge on any atom is 0.0472 e. The number of H-pyrrole nitrogens is 1. The normalized spacial score (nSPS) is 16.3. The van der Waals surface area contributed by atoms with E-state index in [1.54, 1.807) is 0 Å². The van der Waals surface area contributed by atoms with Crippen LogP contribution in [0.2, 0.25) is 0 Å². The van der Waals surface area contributed by atoms with Crippen LogP contribution in [0, 0.1) is 5.41 Å². The molecule has 1 aliphatic carbocycles. The minimum absolute atomic E-state index is 0.105. The van der Waals surface area contributed by atoms with Crippen molar-refractivity contribution in [2.45, 2.75) is 13.8 Å². The number of benzene rings is 2. The molecule has 0 saturated heterocycles. The fourth-order valence-corrected chi connectivity index (χ4v) is 4.54. The molecule has 23 heavy (non-hydrogen) atoms. The van der Waals surface area contributed by atoms with Crippen molar-refractivity contribution in [1.29, 1.82) is 0 Å². The molecule has 5 rings (SSSR count). The Hall–Kier alpha value is -2.32. The fraction of sp³-hybridized carbons (Fsp3) is 0.143. The van der Waals surface area contributed by atoms with Gasteiger partial charge in [-0.15, -0.1) is 11.3 Å². The third-order valence-corrected chi connectivity index (χ3v) is 5.86. The lowest BCUT2D eigenvalue weighted by Crippen LogP contribution is -2.00. The molecule has 2 heterocycles. The Morgan fingerprint density at radius 1 is 0.870 bits per heavy atom. The standard InChI is InChI=1S/C21H17NS/c1-21(2)9-7-13-15-12-20-16(11-18(15)22-17(13)8-10-21)14-5-3-4-6-19(14)23-20/h3-12,22H,1-2H3. The molecule has 0 amide bonds. The highest BCUT2D eigenvalue weighted by atomic mass is 32.1. The molecule has 4 aromatic rings. The molecule has 0 saturated carbocycles. The van der Waals surface area contributed by atoms with Crippen molar-refractivity contribution in [1.82, 2.24) is 4.98 Å². The molecule has 0 atom stereocenters. The van der Waals surface area contributed by atoms with Gasteiger partial charge in [-0.25, -0.2) is 0 Å². The first kappa shape index (κ1) is 13.1. The van der Waals surface area contributed by atoms with Gasteiger partial charge in [-0.2, -0.15) is 0 Å². The molecule has 1 N–H and O–H groups in total. The van der Waals surface area contributed by atoms with Crippen molar-refractivity contribution in [2.24, 2.45) is 5.41 Å². The van der Waals surface area contributed by atoms with E-state index in [0.717, 1.165) is 0 Å². The predicted molar refractivity (Wildman–Crippen MR) is 103 cm³/mol. The number of rotatable bonds is 0. The van der Waals surface area contributed by atoms with Gasteiger partial charge in [-0.3, -0.25) is 0 Å². The Bertz CT molecular complexity index is 1130. The van der Waals surface area contributed by atoms with Crippen molar-refractivity contribution >= 4 is 54.6 Å². The van der Waals surface area contributed by atoms with Crippen LogP contribution in [0.1, 0.15) is 25.1 Å². The summed E-state index contributed by atoms with van der Waals surface area (Å²) in [4.78, 5) is 3.61. The van der Waals surface area contributed by atoms with Crippen molar-refractivity contribution in [3.05, 3.63) is 59.8 Å². The van der Waals surface area contributed by atoms with Crippen molar-refractivity contribution in [3.8, 4) is 0 Å². The first-order chi connectivity index (χ1) is 11.1. The summed E-state index contributed by atoms with van der Waals surface area (Å²) in [5, 5.41) is 4.02. The number of thiophene rings is 1. The molecule has 2 aromatic carbocycles. The van der Waals surface area contributed by atoms with Gasteiger partial charge in [0.1, 0.15) is 0 Å². The molecule has 1 aliphatic rings. The molecular formula is C21H17NS. The van der Waals surface area contributed by atoms with Gasteiger partial charge in [0.25, 0.3) is 0 Å². The van der Waals surface area contributed by atoms with Gasteiger partial charge in [0.2, 0.25) is 0 Å². The van der Waals surface area contributed by atoms with E-state index >= 15 is 0 Å². The fourth-order valence-electron chi connectivity index (χ4n) is 3.42. The second-order valence-electron chi connectivity index (χ2n) is 6.93. The van der Waals surface area contributed by atoms with E-state index in [1.807, 2.05) is 11.3 Å². The number of fused-ring (bicyclic) bond motifs is 6. The van der Waals surface area contributed by atoms with E-state index in [4.69, 9.17) is 0 Å². The van der Waals surface area contributed by atoms with Crippen LogP contribution in [-0.2, 0) is 0 Å². The third-order valence-electron chi connectivity index (χ3n) is 4.73. The zero-order chi connectivity index (χ0) is 15.6. The van der Waals surface area contributed by atoms with Gasteiger partial charge in [0, 0.05) is 47.7 Å². The van der Waals surface area contributed by atoms with Crippen LogP contribution in [0.5, 0.6) is 0 Å². The Labute approximate surface area is 138 Å². The monoisotopic (exact) mass is 315 g/mol. The van der Waals surface area contributed by atoms with Gasteiger partial charge in [-0.1, -0.05) is 50.3 Å². The van der Waals surface area contributed by atoms with E-state index in [-0.39, 0.29) is 5.41 Å². The van der Waals surface area contributed by atoms with E-state index < -0.39 is 0 Å². The number of hydrogen-bond donors (Lipinski definition) is 1. The van der Waals surface area contributed by atoms with Crippen LogP contribution in [0.3, 0.4) is 0 Å². The smallest absolute Gasteiger partial charge is 0.0472 e.